The molecule has 4 heterocycles. The van der Waals surface area contributed by atoms with Crippen LogP contribution in [0.3, 0.4) is 0 Å². The molecule has 0 bridgehead atoms. The summed E-state index contributed by atoms with van der Waals surface area (Å²) in [4.78, 5) is 24.8. The molecule has 1 fully saturated rings. The van der Waals surface area contributed by atoms with E-state index in [2.05, 4.69) is 50.7 Å². The van der Waals surface area contributed by atoms with Crippen molar-refractivity contribution in [3.8, 4) is 11.4 Å². The van der Waals surface area contributed by atoms with Crippen molar-refractivity contribution in [1.82, 2.24) is 29.3 Å². The summed E-state index contributed by atoms with van der Waals surface area (Å²) in [6.45, 7) is 8.79. The molecule has 8 nitrogen and oxygen atoms in total. The minimum atomic E-state index is -0.969. The average molecular weight is 545 g/mol. The minimum Gasteiger partial charge on any atom is -0.478 e. The van der Waals surface area contributed by atoms with Crippen molar-refractivity contribution in [2.75, 3.05) is 32.7 Å². The van der Waals surface area contributed by atoms with Crippen molar-refractivity contribution in [3.63, 3.8) is 0 Å². The summed E-state index contributed by atoms with van der Waals surface area (Å²) < 4.78 is 4.44. The van der Waals surface area contributed by atoms with Crippen molar-refractivity contribution in [1.29, 1.82) is 0 Å². The number of pyridine rings is 1. The first-order valence-corrected chi connectivity index (χ1v) is 14.2. The maximum atomic E-state index is 12.7. The lowest BCUT2D eigenvalue weighted by Gasteiger charge is -2.27. The zero-order valence-electron chi connectivity index (χ0n) is 23.0. The van der Waals surface area contributed by atoms with Gasteiger partial charge in [0.2, 0.25) is 0 Å². The largest absolute Gasteiger partial charge is 0.478 e. The number of imidazole rings is 1. The van der Waals surface area contributed by atoms with Gasteiger partial charge in [0.25, 0.3) is 0 Å². The van der Waals surface area contributed by atoms with Crippen LogP contribution in [-0.4, -0.2) is 67.8 Å². The summed E-state index contributed by atoms with van der Waals surface area (Å²) in [5.41, 5.74) is 5.93. The molecule has 0 spiro atoms. The molecule has 1 aliphatic rings. The van der Waals surface area contributed by atoms with Crippen molar-refractivity contribution in [2.45, 2.75) is 20.0 Å². The highest BCUT2D eigenvalue weighted by Gasteiger charge is 2.23. The highest BCUT2D eigenvalue weighted by Crippen LogP contribution is 2.34. The van der Waals surface area contributed by atoms with Gasteiger partial charge in [-0.15, -0.1) is 0 Å². The molecule has 1 aliphatic heterocycles. The first-order valence-electron chi connectivity index (χ1n) is 14.2. The minimum absolute atomic E-state index is 0.259. The second kappa shape index (κ2) is 10.5. The molecular formula is C33H32N6O2. The highest BCUT2D eigenvalue weighted by atomic mass is 16.4. The molecule has 0 aliphatic carbocycles. The predicted octanol–water partition coefficient (Wildman–Crippen LogP) is 5.17. The summed E-state index contributed by atoms with van der Waals surface area (Å²) in [6, 6.07) is 21.7. The number of nitrogens with one attached hydrogen (secondary N) is 1. The van der Waals surface area contributed by atoms with Crippen LogP contribution >= 0.6 is 0 Å². The number of aromatic carboxylic acids is 1. The van der Waals surface area contributed by atoms with E-state index in [1.165, 1.54) is 22.0 Å². The van der Waals surface area contributed by atoms with E-state index in [1.807, 2.05) is 48.5 Å². The van der Waals surface area contributed by atoms with Gasteiger partial charge in [-0.2, -0.15) is 0 Å². The zero-order chi connectivity index (χ0) is 27.9. The molecule has 0 radical (unpaired) electrons. The number of rotatable bonds is 7. The Hall–Kier alpha value is -4.53. The number of carbonyl (C=O) groups is 1. The van der Waals surface area contributed by atoms with Crippen LogP contribution in [0.25, 0.3) is 44.2 Å². The number of aromatic nitrogens is 4. The van der Waals surface area contributed by atoms with Crippen molar-refractivity contribution < 1.29 is 9.90 Å². The van der Waals surface area contributed by atoms with Crippen LogP contribution in [0.4, 0.5) is 0 Å². The Balaban J connectivity index is 1.37. The molecular weight excluding hydrogens is 512 g/mol. The monoisotopic (exact) mass is 544 g/mol. The Kier molecular flexibility index (Phi) is 6.49. The number of carboxylic acids is 1. The number of hydrogen-bond donors (Lipinski definition) is 2. The van der Waals surface area contributed by atoms with Gasteiger partial charge >= 0.3 is 5.97 Å². The molecule has 3 aromatic heterocycles. The molecule has 2 N–H and O–H groups in total. The van der Waals surface area contributed by atoms with Gasteiger partial charge in [-0.05, 0) is 53.1 Å². The number of hydrogen-bond acceptors (Lipinski definition) is 5. The fourth-order valence-corrected chi connectivity index (χ4v) is 6.29. The van der Waals surface area contributed by atoms with Crippen molar-refractivity contribution in [2.24, 2.45) is 0 Å². The molecule has 0 atom stereocenters. The van der Waals surface area contributed by atoms with Gasteiger partial charge in [-0.25, -0.2) is 14.8 Å². The van der Waals surface area contributed by atoms with E-state index in [4.69, 9.17) is 9.97 Å². The molecule has 206 valence electrons. The number of carboxylic acid groups (broad SMARTS) is 1. The maximum Gasteiger partial charge on any atom is 0.337 e. The number of piperazine rings is 1. The molecule has 0 saturated carbocycles. The van der Waals surface area contributed by atoms with E-state index in [9.17, 15) is 9.90 Å². The fourth-order valence-electron chi connectivity index (χ4n) is 6.29. The normalized spacial score (nSPS) is 14.4. The third-order valence-corrected chi connectivity index (χ3v) is 8.28. The van der Waals surface area contributed by atoms with E-state index in [-0.39, 0.29) is 5.56 Å². The van der Waals surface area contributed by atoms with Gasteiger partial charge in [0.05, 0.1) is 12.1 Å². The van der Waals surface area contributed by atoms with Crippen LogP contribution in [0.5, 0.6) is 0 Å². The first kappa shape index (κ1) is 25.4. The highest BCUT2D eigenvalue weighted by molar-refractivity contribution is 6.09. The number of benzene rings is 3. The standard InChI is InChI=1S/C33H32N6O2/c1-22-6-4-10-28-29(22)24(20-38(28)19-18-37-16-14-34-15-17-37)21-39-31(36-27-9-5-13-35-32(27)39)26-12-11-23-7-2-3-8-25(23)30(26)33(40)41/h2-13,20,34H,14-19,21H2,1H3,(H,40,41). The second-order valence-electron chi connectivity index (χ2n) is 10.8. The van der Waals surface area contributed by atoms with Gasteiger partial charge < -0.3 is 19.6 Å². The summed E-state index contributed by atoms with van der Waals surface area (Å²) in [5, 5.41) is 16.6. The molecule has 1 saturated heterocycles. The Bertz CT molecular complexity index is 1910. The molecule has 41 heavy (non-hydrogen) atoms. The molecule has 0 amide bonds. The summed E-state index contributed by atoms with van der Waals surface area (Å²) in [5.74, 6) is -0.360. The number of aryl methyl sites for hydroxylation is 1. The van der Waals surface area contributed by atoms with E-state index >= 15 is 0 Å². The molecule has 7 rings (SSSR count). The second-order valence-corrected chi connectivity index (χ2v) is 10.8. The van der Waals surface area contributed by atoms with E-state index in [0.29, 0.717) is 23.3 Å². The van der Waals surface area contributed by atoms with E-state index < -0.39 is 5.97 Å². The molecule has 8 heteroatoms. The van der Waals surface area contributed by atoms with Gasteiger partial charge in [-0.3, -0.25) is 4.90 Å². The van der Waals surface area contributed by atoms with Crippen molar-refractivity contribution in [3.05, 3.63) is 95.8 Å². The summed E-state index contributed by atoms with van der Waals surface area (Å²) >= 11 is 0. The van der Waals surface area contributed by atoms with E-state index in [0.717, 1.165) is 55.8 Å². The van der Waals surface area contributed by atoms with Gasteiger partial charge in [0.1, 0.15) is 11.3 Å². The first-order chi connectivity index (χ1) is 20.1. The maximum absolute atomic E-state index is 12.7. The van der Waals surface area contributed by atoms with Crippen LogP contribution < -0.4 is 5.32 Å². The smallest absolute Gasteiger partial charge is 0.337 e. The lowest BCUT2D eigenvalue weighted by molar-refractivity contribution is 0.0699. The quantitative estimate of drug-likeness (QED) is 0.289. The Morgan fingerprint density at radius 1 is 0.976 bits per heavy atom. The van der Waals surface area contributed by atoms with E-state index in [1.54, 1.807) is 6.20 Å². The van der Waals surface area contributed by atoms with Crippen molar-refractivity contribution >= 4 is 38.8 Å². The Labute approximate surface area is 237 Å². The van der Waals surface area contributed by atoms with Crippen LogP contribution in [0.2, 0.25) is 0 Å². The summed E-state index contributed by atoms with van der Waals surface area (Å²) in [6.07, 6.45) is 4.03. The lowest BCUT2D eigenvalue weighted by atomic mass is 9.98. The Morgan fingerprint density at radius 2 is 1.83 bits per heavy atom. The zero-order valence-corrected chi connectivity index (χ0v) is 23.0. The van der Waals surface area contributed by atoms with Crippen LogP contribution in [0.15, 0.2) is 79.1 Å². The van der Waals surface area contributed by atoms with Crippen LogP contribution in [0, 0.1) is 6.92 Å². The third-order valence-electron chi connectivity index (χ3n) is 8.28. The SMILES string of the molecule is Cc1cccc2c1c(Cn1c(-c3ccc4ccccc4c3C(=O)O)nc3cccnc31)cn2CCN1CCNCC1. The molecule has 0 unspecified atom stereocenters. The lowest BCUT2D eigenvalue weighted by Crippen LogP contribution is -2.44. The molecule has 3 aromatic carbocycles. The topological polar surface area (TPSA) is 88.2 Å². The summed E-state index contributed by atoms with van der Waals surface area (Å²) in [7, 11) is 0. The fraction of sp³-hybridized carbons (Fsp3) is 0.242. The number of nitrogens with zero attached hydrogens (tertiary/aromatic N) is 5. The van der Waals surface area contributed by atoms with Gasteiger partial charge in [-0.1, -0.05) is 42.5 Å². The Morgan fingerprint density at radius 3 is 2.68 bits per heavy atom. The van der Waals surface area contributed by atoms with Crippen LogP contribution in [0.1, 0.15) is 21.5 Å². The number of fused-ring (bicyclic) bond motifs is 3. The van der Waals surface area contributed by atoms with Gasteiger partial charge in [0.15, 0.2) is 5.65 Å². The van der Waals surface area contributed by atoms with Crippen LogP contribution in [-0.2, 0) is 13.1 Å². The predicted molar refractivity (Wildman–Crippen MR) is 163 cm³/mol. The third kappa shape index (κ3) is 4.55. The average Bonchev–Trinajstić information content (AvgIpc) is 3.55. The molecule has 6 aromatic rings. The van der Waals surface area contributed by atoms with Gasteiger partial charge in [0, 0.05) is 68.1 Å².